The summed E-state index contributed by atoms with van der Waals surface area (Å²) in [5, 5.41) is 84.0. The minimum absolute atomic E-state index is 0.695. The van der Waals surface area contributed by atoms with Gasteiger partial charge in [-0.15, -0.1) is 0 Å². The van der Waals surface area contributed by atoms with E-state index in [4.69, 9.17) is 24.8 Å². The number of carboxylic acid groups (broad SMARTS) is 1. The van der Waals surface area contributed by atoms with E-state index in [9.17, 15) is 35.4 Å². The van der Waals surface area contributed by atoms with Crippen LogP contribution in [0.2, 0.25) is 0 Å². The number of aliphatic hydroxyl groups is 8. The lowest BCUT2D eigenvalue weighted by Crippen LogP contribution is -2.59. The van der Waals surface area contributed by atoms with Crippen LogP contribution >= 0.6 is 0 Å². The Kier molecular flexibility index (Phi) is 7.88. The second kappa shape index (κ2) is 8.96. The minimum Gasteiger partial charge on any atom is -0.479 e. The first-order valence-corrected chi connectivity index (χ1v) is 6.99. The largest absolute Gasteiger partial charge is 0.479 e. The van der Waals surface area contributed by atoms with Crippen LogP contribution in [0.3, 0.4) is 0 Å². The molecule has 0 saturated carbocycles. The summed E-state index contributed by atoms with van der Waals surface area (Å²) in [4.78, 5) is 10.5. The van der Waals surface area contributed by atoms with Gasteiger partial charge in [-0.3, -0.25) is 0 Å². The Morgan fingerprint density at radius 3 is 2.08 bits per heavy atom. The summed E-state index contributed by atoms with van der Waals surface area (Å²) in [5.74, 6) is -1.82. The zero-order valence-electron chi connectivity index (χ0n) is 12.4. The molecule has 1 rings (SSSR count). The molecule has 0 bridgehead atoms. The maximum atomic E-state index is 10.5. The molecule has 1 fully saturated rings. The molecule has 0 amide bonds. The summed E-state index contributed by atoms with van der Waals surface area (Å²) in [6.07, 6.45) is -16.4. The van der Waals surface area contributed by atoms with Crippen LogP contribution in [0.15, 0.2) is 0 Å². The van der Waals surface area contributed by atoms with Crippen LogP contribution in [0.4, 0.5) is 0 Å². The molecular formula is C12H22O12. The molecule has 1 aliphatic rings. The Morgan fingerprint density at radius 2 is 1.58 bits per heavy atom. The summed E-state index contributed by atoms with van der Waals surface area (Å²) in [5.41, 5.74) is 0. The normalized spacial score (nSPS) is 35.9. The lowest BCUT2D eigenvalue weighted by atomic mass is 9.99. The van der Waals surface area contributed by atoms with Crippen LogP contribution in [0.25, 0.3) is 0 Å². The fourth-order valence-corrected chi connectivity index (χ4v) is 2.06. The van der Waals surface area contributed by atoms with Crippen molar-refractivity contribution in [2.45, 2.75) is 55.1 Å². The molecule has 1 unspecified atom stereocenters. The summed E-state index contributed by atoms with van der Waals surface area (Å²) in [7, 11) is 0. The van der Waals surface area contributed by atoms with Gasteiger partial charge in [0.2, 0.25) is 0 Å². The quantitative estimate of drug-likeness (QED) is 0.198. The predicted molar refractivity (Wildman–Crippen MR) is 71.4 cm³/mol. The highest BCUT2D eigenvalue weighted by Gasteiger charge is 2.44. The van der Waals surface area contributed by atoms with Crippen molar-refractivity contribution in [3.8, 4) is 0 Å². The average molecular weight is 358 g/mol. The van der Waals surface area contributed by atoms with Gasteiger partial charge in [-0.1, -0.05) is 0 Å². The molecule has 0 radical (unpaired) electrons. The third-order valence-corrected chi connectivity index (χ3v) is 3.60. The first-order chi connectivity index (χ1) is 11.1. The Labute approximate surface area is 135 Å². The van der Waals surface area contributed by atoms with Crippen molar-refractivity contribution in [1.29, 1.82) is 0 Å². The molecule has 24 heavy (non-hydrogen) atoms. The van der Waals surface area contributed by atoms with Crippen molar-refractivity contribution < 1.29 is 60.2 Å². The second-order valence-corrected chi connectivity index (χ2v) is 5.36. The van der Waals surface area contributed by atoms with Crippen LogP contribution < -0.4 is 0 Å². The third-order valence-electron chi connectivity index (χ3n) is 3.60. The van der Waals surface area contributed by atoms with Gasteiger partial charge in [-0.2, -0.15) is 0 Å². The molecule has 0 aromatic carbocycles. The van der Waals surface area contributed by atoms with E-state index in [1.54, 1.807) is 0 Å². The van der Waals surface area contributed by atoms with Crippen LogP contribution in [-0.4, -0.2) is 120 Å². The highest BCUT2D eigenvalue weighted by molar-refractivity contribution is 5.72. The first-order valence-electron chi connectivity index (χ1n) is 6.99. The first kappa shape index (κ1) is 21.1. The number of carboxylic acids is 1. The molecule has 12 nitrogen and oxygen atoms in total. The van der Waals surface area contributed by atoms with E-state index >= 15 is 0 Å². The van der Waals surface area contributed by atoms with Crippen LogP contribution in [0.5, 0.6) is 0 Å². The van der Waals surface area contributed by atoms with Gasteiger partial charge >= 0.3 is 5.97 Å². The number of carbonyl (C=O) groups is 1. The summed E-state index contributed by atoms with van der Waals surface area (Å²) >= 11 is 0. The molecule has 12 heteroatoms. The van der Waals surface area contributed by atoms with Gasteiger partial charge in [0.1, 0.15) is 42.7 Å². The van der Waals surface area contributed by atoms with Gasteiger partial charge in [-0.05, 0) is 0 Å². The zero-order valence-corrected chi connectivity index (χ0v) is 12.4. The Bertz CT molecular complexity index is 403. The van der Waals surface area contributed by atoms with E-state index < -0.39 is 74.3 Å². The van der Waals surface area contributed by atoms with Crippen molar-refractivity contribution in [3.63, 3.8) is 0 Å². The average Bonchev–Trinajstić information content (AvgIpc) is 2.56. The molecule has 9 N–H and O–H groups in total. The van der Waals surface area contributed by atoms with Crippen molar-refractivity contribution in [2.24, 2.45) is 0 Å². The maximum absolute atomic E-state index is 10.5. The lowest BCUT2D eigenvalue weighted by molar-refractivity contribution is -0.306. The Hall–Kier alpha value is -0.930. The second-order valence-electron chi connectivity index (χ2n) is 5.36. The molecule has 1 aliphatic heterocycles. The van der Waals surface area contributed by atoms with Crippen molar-refractivity contribution >= 4 is 5.97 Å². The molecule has 9 atom stereocenters. The van der Waals surface area contributed by atoms with Crippen molar-refractivity contribution in [2.75, 3.05) is 13.2 Å². The van der Waals surface area contributed by atoms with Gasteiger partial charge in [0.05, 0.1) is 13.2 Å². The van der Waals surface area contributed by atoms with E-state index in [-0.39, 0.29) is 0 Å². The number of ether oxygens (including phenoxy) is 2. The molecule has 0 aromatic heterocycles. The molecule has 1 heterocycles. The molecular weight excluding hydrogens is 336 g/mol. The number of aliphatic hydroxyl groups excluding tert-OH is 8. The molecule has 0 spiro atoms. The fraction of sp³-hybridized carbons (Fsp3) is 0.917. The van der Waals surface area contributed by atoms with Gasteiger partial charge in [-0.25, -0.2) is 4.79 Å². The monoisotopic (exact) mass is 358 g/mol. The van der Waals surface area contributed by atoms with Crippen LogP contribution in [0, 0.1) is 0 Å². The lowest BCUT2D eigenvalue weighted by Gasteiger charge is -2.40. The number of rotatable bonds is 8. The van der Waals surface area contributed by atoms with E-state index in [2.05, 4.69) is 0 Å². The highest BCUT2D eigenvalue weighted by Crippen LogP contribution is 2.22. The smallest absolute Gasteiger partial charge is 0.335 e. The summed E-state index contributed by atoms with van der Waals surface area (Å²) < 4.78 is 9.89. The van der Waals surface area contributed by atoms with Crippen molar-refractivity contribution in [1.82, 2.24) is 0 Å². The van der Waals surface area contributed by atoms with E-state index in [0.717, 1.165) is 0 Å². The minimum atomic E-state index is -2.35. The standard InChI is InChI=1S/C12H22O12/c13-1-4-6(16)8(18)10(20)12(24-4)23-2-3(14)5(15)7(17)9(19)11(21)22/h3-10,12-20H,1-2H2,(H,21,22)/t3-,4-,5-,6+,7+,8+,9-,10-,12?/m1/s1. The molecule has 142 valence electrons. The number of hydrogen-bond donors (Lipinski definition) is 9. The molecule has 0 aliphatic carbocycles. The van der Waals surface area contributed by atoms with Gasteiger partial charge in [0, 0.05) is 0 Å². The predicted octanol–water partition coefficient (Wildman–Crippen LogP) is -5.67. The Morgan fingerprint density at radius 1 is 1.00 bits per heavy atom. The summed E-state index contributed by atoms with van der Waals surface area (Å²) in [6, 6.07) is 0. The molecule has 1 saturated heterocycles. The van der Waals surface area contributed by atoms with Crippen LogP contribution in [-0.2, 0) is 14.3 Å². The van der Waals surface area contributed by atoms with Crippen LogP contribution in [0.1, 0.15) is 0 Å². The number of hydrogen-bond acceptors (Lipinski definition) is 11. The van der Waals surface area contributed by atoms with E-state index in [1.165, 1.54) is 0 Å². The van der Waals surface area contributed by atoms with Gasteiger partial charge < -0.3 is 55.4 Å². The maximum Gasteiger partial charge on any atom is 0.335 e. The van der Waals surface area contributed by atoms with E-state index in [1.807, 2.05) is 0 Å². The fourth-order valence-electron chi connectivity index (χ4n) is 2.06. The number of aliphatic carboxylic acids is 1. The van der Waals surface area contributed by atoms with Crippen molar-refractivity contribution in [3.05, 3.63) is 0 Å². The highest BCUT2D eigenvalue weighted by atomic mass is 16.7. The summed E-state index contributed by atoms with van der Waals surface area (Å²) in [6.45, 7) is -1.48. The topological polar surface area (TPSA) is 218 Å². The van der Waals surface area contributed by atoms with E-state index in [0.29, 0.717) is 0 Å². The molecule has 0 aromatic rings. The van der Waals surface area contributed by atoms with Gasteiger partial charge in [0.25, 0.3) is 0 Å². The third kappa shape index (κ3) is 4.80. The van der Waals surface area contributed by atoms with Gasteiger partial charge in [0.15, 0.2) is 12.4 Å². The zero-order chi connectivity index (χ0) is 18.6. The SMILES string of the molecule is O=C(O)[C@H](O)[C@@H](O)[C@H](O)[C@H](O)COC1O[C@H](CO)[C@H](O)[C@H](O)[C@H]1O. The Balaban J connectivity index is 2.59.